The molecule has 1 aromatic heterocycles. The Bertz CT molecular complexity index is 816. The maximum atomic E-state index is 13.3. The highest BCUT2D eigenvalue weighted by atomic mass is 19.1. The van der Waals surface area contributed by atoms with Crippen molar-refractivity contribution in [2.75, 3.05) is 14.2 Å². The molecule has 2 aromatic carbocycles. The van der Waals surface area contributed by atoms with Crippen LogP contribution in [0.15, 0.2) is 59.2 Å². The molecule has 0 saturated heterocycles. The van der Waals surface area contributed by atoms with Crippen LogP contribution in [0.1, 0.15) is 11.3 Å². The lowest BCUT2D eigenvalue weighted by atomic mass is 10.2. The third-order valence-electron chi connectivity index (χ3n) is 3.64. The lowest BCUT2D eigenvalue weighted by molar-refractivity contribution is 0.314. The summed E-state index contributed by atoms with van der Waals surface area (Å²) >= 11 is 0. The van der Waals surface area contributed by atoms with Crippen molar-refractivity contribution in [2.24, 2.45) is 0 Å². The monoisotopic (exact) mass is 326 g/mol. The number of halogens is 1. The van der Waals surface area contributed by atoms with Crippen molar-refractivity contribution in [1.82, 2.24) is 9.88 Å². The van der Waals surface area contributed by atoms with E-state index in [9.17, 15) is 4.39 Å². The zero-order valence-electron chi connectivity index (χ0n) is 13.7. The standard InChI is InChI=1S/C19H19FN2O2/c1-22(11-14-5-3-8-18(9-14)23-2)12-17-13-24-19(21-17)15-6-4-7-16(20)10-15/h3-10,13H,11-12H2,1-2H3. The molecule has 4 nitrogen and oxygen atoms in total. The van der Waals surface area contributed by atoms with Crippen molar-refractivity contribution in [3.8, 4) is 17.2 Å². The van der Waals surface area contributed by atoms with Crippen LogP contribution in [-0.4, -0.2) is 24.0 Å². The van der Waals surface area contributed by atoms with Crippen molar-refractivity contribution >= 4 is 0 Å². The van der Waals surface area contributed by atoms with Crippen LogP contribution >= 0.6 is 0 Å². The lowest BCUT2D eigenvalue weighted by Crippen LogP contribution is -2.17. The molecule has 0 aliphatic heterocycles. The Labute approximate surface area is 140 Å². The van der Waals surface area contributed by atoms with Crippen LogP contribution in [0.2, 0.25) is 0 Å². The SMILES string of the molecule is COc1cccc(CN(C)Cc2coc(-c3cccc(F)c3)n2)c1. The first kappa shape index (κ1) is 16.2. The van der Waals surface area contributed by atoms with Gasteiger partial charge in [-0.25, -0.2) is 9.37 Å². The van der Waals surface area contributed by atoms with E-state index in [0.717, 1.165) is 23.6 Å². The molecule has 0 atom stereocenters. The average Bonchev–Trinajstić information content (AvgIpc) is 3.03. The number of benzene rings is 2. The molecule has 0 aliphatic rings. The van der Waals surface area contributed by atoms with Gasteiger partial charge in [0.05, 0.1) is 12.8 Å². The highest BCUT2D eigenvalue weighted by Crippen LogP contribution is 2.20. The maximum Gasteiger partial charge on any atom is 0.226 e. The van der Waals surface area contributed by atoms with E-state index in [0.29, 0.717) is 18.0 Å². The number of nitrogens with zero attached hydrogens (tertiary/aromatic N) is 2. The fourth-order valence-electron chi connectivity index (χ4n) is 2.55. The molecule has 5 heteroatoms. The van der Waals surface area contributed by atoms with Crippen molar-refractivity contribution in [2.45, 2.75) is 13.1 Å². The minimum Gasteiger partial charge on any atom is -0.497 e. The van der Waals surface area contributed by atoms with E-state index < -0.39 is 0 Å². The number of hydrogen-bond donors (Lipinski definition) is 0. The highest BCUT2D eigenvalue weighted by Gasteiger charge is 2.10. The van der Waals surface area contributed by atoms with Crippen LogP contribution in [0.3, 0.4) is 0 Å². The number of methoxy groups -OCH3 is 1. The molecule has 24 heavy (non-hydrogen) atoms. The Morgan fingerprint density at radius 1 is 1.12 bits per heavy atom. The van der Waals surface area contributed by atoms with Crippen molar-refractivity contribution < 1.29 is 13.5 Å². The minimum atomic E-state index is -0.303. The summed E-state index contributed by atoms with van der Waals surface area (Å²) < 4.78 is 24.0. The Morgan fingerprint density at radius 3 is 2.75 bits per heavy atom. The summed E-state index contributed by atoms with van der Waals surface area (Å²) in [5, 5.41) is 0. The maximum absolute atomic E-state index is 13.3. The summed E-state index contributed by atoms with van der Waals surface area (Å²) in [7, 11) is 3.67. The lowest BCUT2D eigenvalue weighted by Gasteiger charge is -2.15. The summed E-state index contributed by atoms with van der Waals surface area (Å²) in [5.74, 6) is 0.970. The number of ether oxygens (including phenoxy) is 1. The van der Waals surface area contributed by atoms with Gasteiger partial charge >= 0.3 is 0 Å². The largest absolute Gasteiger partial charge is 0.497 e. The van der Waals surface area contributed by atoms with Gasteiger partial charge in [0.15, 0.2) is 0 Å². The number of hydrogen-bond acceptors (Lipinski definition) is 4. The van der Waals surface area contributed by atoms with Crippen LogP contribution in [0.25, 0.3) is 11.5 Å². The fraction of sp³-hybridized carbons (Fsp3) is 0.211. The van der Waals surface area contributed by atoms with Gasteiger partial charge in [0, 0.05) is 18.7 Å². The second-order valence-electron chi connectivity index (χ2n) is 5.68. The van der Waals surface area contributed by atoms with Crippen LogP contribution in [0.5, 0.6) is 5.75 Å². The summed E-state index contributed by atoms with van der Waals surface area (Å²) in [4.78, 5) is 6.56. The van der Waals surface area contributed by atoms with Gasteiger partial charge in [-0.2, -0.15) is 0 Å². The van der Waals surface area contributed by atoms with Gasteiger partial charge in [-0.1, -0.05) is 18.2 Å². The number of oxazole rings is 1. The second kappa shape index (κ2) is 7.27. The molecule has 3 rings (SSSR count). The predicted octanol–water partition coefficient (Wildman–Crippen LogP) is 4.12. The van der Waals surface area contributed by atoms with Crippen molar-refractivity contribution in [3.05, 3.63) is 71.9 Å². The Kier molecular flexibility index (Phi) is 4.91. The van der Waals surface area contributed by atoms with Gasteiger partial charge in [0.25, 0.3) is 0 Å². The molecule has 0 N–H and O–H groups in total. The van der Waals surface area contributed by atoms with E-state index in [1.165, 1.54) is 12.1 Å². The van der Waals surface area contributed by atoms with Gasteiger partial charge in [-0.15, -0.1) is 0 Å². The van der Waals surface area contributed by atoms with Crippen molar-refractivity contribution in [3.63, 3.8) is 0 Å². The fourth-order valence-corrected chi connectivity index (χ4v) is 2.55. The quantitative estimate of drug-likeness (QED) is 0.683. The molecule has 0 aliphatic carbocycles. The van der Waals surface area contributed by atoms with Crippen LogP contribution < -0.4 is 4.74 Å². The van der Waals surface area contributed by atoms with E-state index >= 15 is 0 Å². The summed E-state index contributed by atoms with van der Waals surface area (Å²) in [6.45, 7) is 1.40. The van der Waals surface area contributed by atoms with Gasteiger partial charge in [0.2, 0.25) is 5.89 Å². The molecule has 0 amide bonds. The highest BCUT2D eigenvalue weighted by molar-refractivity contribution is 5.52. The van der Waals surface area contributed by atoms with Crippen LogP contribution in [0.4, 0.5) is 4.39 Å². The zero-order chi connectivity index (χ0) is 16.9. The molecule has 0 fully saturated rings. The molecule has 0 spiro atoms. The zero-order valence-corrected chi connectivity index (χ0v) is 13.7. The van der Waals surface area contributed by atoms with Crippen LogP contribution in [0, 0.1) is 5.82 Å². The molecule has 0 radical (unpaired) electrons. The number of rotatable bonds is 6. The summed E-state index contributed by atoms with van der Waals surface area (Å²) in [6, 6.07) is 14.2. The molecule has 1 heterocycles. The van der Waals surface area contributed by atoms with E-state index in [-0.39, 0.29) is 5.82 Å². The summed E-state index contributed by atoms with van der Waals surface area (Å²) in [6.07, 6.45) is 1.61. The molecule has 3 aromatic rings. The van der Waals surface area contributed by atoms with E-state index in [2.05, 4.69) is 16.0 Å². The van der Waals surface area contributed by atoms with Gasteiger partial charge in [-0.3, -0.25) is 4.90 Å². The smallest absolute Gasteiger partial charge is 0.226 e. The normalized spacial score (nSPS) is 11.0. The third-order valence-corrected chi connectivity index (χ3v) is 3.64. The average molecular weight is 326 g/mol. The van der Waals surface area contributed by atoms with Gasteiger partial charge in [0.1, 0.15) is 17.8 Å². The second-order valence-corrected chi connectivity index (χ2v) is 5.68. The Morgan fingerprint density at radius 2 is 1.96 bits per heavy atom. The van der Waals surface area contributed by atoms with Gasteiger partial charge in [-0.05, 0) is 42.9 Å². The first-order chi connectivity index (χ1) is 11.6. The minimum absolute atomic E-state index is 0.303. The van der Waals surface area contributed by atoms with E-state index in [1.54, 1.807) is 25.5 Å². The van der Waals surface area contributed by atoms with E-state index in [4.69, 9.17) is 9.15 Å². The molecule has 0 saturated carbocycles. The number of aromatic nitrogens is 1. The Balaban J connectivity index is 1.65. The van der Waals surface area contributed by atoms with Crippen molar-refractivity contribution in [1.29, 1.82) is 0 Å². The predicted molar refractivity (Wildman–Crippen MR) is 90.1 cm³/mol. The molecule has 124 valence electrons. The first-order valence-corrected chi connectivity index (χ1v) is 7.66. The topological polar surface area (TPSA) is 38.5 Å². The van der Waals surface area contributed by atoms with E-state index in [1.807, 2.05) is 25.2 Å². The molecular weight excluding hydrogens is 307 g/mol. The third kappa shape index (κ3) is 4.00. The first-order valence-electron chi connectivity index (χ1n) is 7.66. The Hall–Kier alpha value is -2.66. The summed E-state index contributed by atoms with van der Waals surface area (Å²) in [5.41, 5.74) is 2.60. The van der Waals surface area contributed by atoms with Gasteiger partial charge < -0.3 is 9.15 Å². The molecule has 0 unspecified atom stereocenters. The molecule has 0 bridgehead atoms. The van der Waals surface area contributed by atoms with Crippen LogP contribution in [-0.2, 0) is 13.1 Å². The molecular formula is C19H19FN2O2.